The topological polar surface area (TPSA) is 36.8 Å². The maximum absolute atomic E-state index is 7.32. The first-order valence-electron chi connectivity index (χ1n) is 38.2. The van der Waals surface area contributed by atoms with Crippen LogP contribution in [0.1, 0.15) is 107 Å². The van der Waals surface area contributed by atoms with Gasteiger partial charge in [0.1, 0.15) is 0 Å². The first kappa shape index (κ1) is 78.9. The summed E-state index contributed by atoms with van der Waals surface area (Å²) in [5, 5.41) is 7.32. The number of anilines is 12. The van der Waals surface area contributed by atoms with Crippen molar-refractivity contribution in [3.8, 4) is 77.1 Å². The third-order valence-corrected chi connectivity index (χ3v) is 19.3. The van der Waals surface area contributed by atoms with Gasteiger partial charge in [0.05, 0.1) is 6.07 Å². The van der Waals surface area contributed by atoms with E-state index in [0.29, 0.717) is 0 Å². The first-order valence-corrected chi connectivity index (χ1v) is 38.2. The Morgan fingerprint density at radius 3 is 0.302 bits per heavy atom. The number of aryl methyl sites for hydroxylation is 6. The number of hydrogen-bond acceptors (Lipinski definition) is 5. The van der Waals surface area contributed by atoms with Crippen LogP contribution in [-0.2, 0) is 0 Å². The Bertz CT molecular complexity index is 5560. The third-order valence-electron chi connectivity index (χ3n) is 19.3. The van der Waals surface area contributed by atoms with Crippen LogP contribution >= 0.6 is 9.90 Å². The van der Waals surface area contributed by atoms with Gasteiger partial charge in [-0.3, -0.25) is 0 Å². The second-order valence-electron chi connectivity index (χ2n) is 28.1. The summed E-state index contributed by atoms with van der Waals surface area (Å²) >= 11 is 0. The predicted molar refractivity (Wildman–Crippen MR) is 486 cm³/mol. The zero-order valence-corrected chi connectivity index (χ0v) is 66.7. The molecule has 0 amide bonds. The van der Waals surface area contributed by atoms with Gasteiger partial charge in [0.15, 0.2) is 0 Å². The molecule has 0 radical (unpaired) electrons. The smallest absolute Gasteiger partial charge is 0.0587 e. The molecule has 0 heterocycles. The van der Waals surface area contributed by atoms with Gasteiger partial charge in [0.25, 0.3) is 0 Å². The zero-order chi connectivity index (χ0) is 79.2. The molecule has 116 heavy (non-hydrogen) atoms. The Kier molecular flexibility index (Phi) is 25.9. The van der Waals surface area contributed by atoms with Crippen molar-refractivity contribution in [2.45, 2.75) is 48.5 Å². The quantitative estimate of drug-likeness (QED) is 0.0900. The molecule has 15 aromatic carbocycles. The molecule has 0 bridgehead atoms. The molecular weight excluding hydrogens is 1420 g/mol. The molecule has 0 aliphatic rings. The van der Waals surface area contributed by atoms with Crippen LogP contribution in [0.4, 0.5) is 68.2 Å². The van der Waals surface area contributed by atoms with Gasteiger partial charge in [-0.25, -0.2) is 0 Å². The van der Waals surface area contributed by atoms with Crippen LogP contribution < -0.4 is 19.6 Å². The fraction of sp³-hybridized carbons (Fsp3) is 0.0636. The number of nitriles is 1. The summed E-state index contributed by atoms with van der Waals surface area (Å²) in [6.07, 6.45) is 0. The van der Waals surface area contributed by atoms with Crippen LogP contribution in [0.3, 0.4) is 0 Å². The van der Waals surface area contributed by atoms with Crippen molar-refractivity contribution in [3.63, 3.8) is 0 Å². The van der Waals surface area contributed by atoms with Gasteiger partial charge in [-0.05, 0) is 333 Å². The lowest BCUT2D eigenvalue weighted by atomic mass is 10.1. The van der Waals surface area contributed by atoms with Crippen molar-refractivity contribution in [1.82, 2.24) is 0 Å². The highest BCUT2D eigenvalue weighted by molar-refractivity contribution is 6.92. The Labute approximate surface area is 688 Å². The Balaban J connectivity index is 0.00000288. The molecule has 0 aromatic heterocycles. The molecule has 0 aliphatic carbocycles. The average molecular weight is 1500 g/mol. The zero-order valence-electron chi connectivity index (χ0n) is 65.8. The summed E-state index contributed by atoms with van der Waals surface area (Å²) < 4.78 is 0. The lowest BCUT2D eigenvalue weighted by molar-refractivity contribution is 1.27. The van der Waals surface area contributed by atoms with Gasteiger partial charge in [-0.1, -0.05) is 177 Å². The SMILES string of the molecule is CC#N.Cc1ccc(N(c2ccc(C)cc2)c2ccc(C#Cc3ccc(C#Cc4ccc(N(c5ccc(C#Cc6ccc(C#Cc7ccc(N(c8ccc(C)cc8)c8ccc(C)cc8)cc7)cc6)cc5)c5ccc(C#Cc6ccc(C#Cc7ccc(N(c8ccc(C)cc8)c8ccc(C)cc8)cc7)cc6)cc5)cc4)cc3)cc2)cc1.[P-3]. The van der Waals surface area contributed by atoms with E-state index in [1.807, 2.05) is 72.8 Å². The number of benzene rings is 15. The number of nitrogens with zero attached hydrogens (tertiary/aromatic N) is 5. The molecule has 0 spiro atoms. The minimum absolute atomic E-state index is 0. The largest absolute Gasteiger partial charge is 3.00 e. The third kappa shape index (κ3) is 20.9. The maximum Gasteiger partial charge on any atom is 0.0587 e. The van der Waals surface area contributed by atoms with E-state index in [9.17, 15) is 0 Å². The summed E-state index contributed by atoms with van der Waals surface area (Å²) in [5.74, 6) is 40.6. The molecule has 5 nitrogen and oxygen atoms in total. The molecular formula is C110H81N5P-3. The maximum atomic E-state index is 7.32. The number of hydrogen-bond donors (Lipinski definition) is 0. The molecule has 6 heteroatoms. The van der Waals surface area contributed by atoms with Crippen LogP contribution in [0.5, 0.6) is 0 Å². The summed E-state index contributed by atoms with van der Waals surface area (Å²) in [7, 11) is 0. The standard InChI is InChI=1S/C108H78N4.C2H3N.P/c1-79-7-55-97(56-8-79)109(98-57-9-80(2)10-58-98)103-67-43-91(44-68-103)37-31-85-19-25-88(26-20-85)34-40-94-49-73-106(74-50-94)112(107-75-51-95(52-76-107)41-35-89-27-21-86(22-28-89)32-38-92-45-69-104(70-46-92)110(99-59-11-81(3)12-60-99)100-61-13-82(4)14-62-100)108-77-53-96(54-78-108)42-36-90-29-23-87(24-30-90)33-39-93-47-71-105(72-48-93)111(101-63-15-83(5)16-64-101)102-65-17-84(6)18-66-102;1-2-3;/h7-30,43-78H,1-6H3;1H3;/q;;-3. The van der Waals surface area contributed by atoms with E-state index < -0.39 is 0 Å². The lowest BCUT2D eigenvalue weighted by Gasteiger charge is -3.00. The summed E-state index contributed by atoms with van der Waals surface area (Å²) in [5.41, 5.74) is 31.0. The molecule has 0 unspecified atom stereocenters. The van der Waals surface area contributed by atoms with Crippen molar-refractivity contribution < 1.29 is 0 Å². The van der Waals surface area contributed by atoms with Gasteiger partial charge in [-0.15, -0.1) is 0 Å². The molecule has 0 fully saturated rings. The normalized spacial score (nSPS) is 10.1. The van der Waals surface area contributed by atoms with E-state index >= 15 is 0 Å². The van der Waals surface area contributed by atoms with E-state index in [-0.39, 0.29) is 9.90 Å². The van der Waals surface area contributed by atoms with Crippen LogP contribution in [0.2, 0.25) is 0 Å². The van der Waals surface area contributed by atoms with E-state index in [4.69, 9.17) is 5.26 Å². The Hall–Kier alpha value is -15.2. The molecule has 0 saturated heterocycles. The van der Waals surface area contributed by atoms with E-state index in [1.54, 1.807) is 6.07 Å². The Morgan fingerprint density at radius 2 is 0.216 bits per heavy atom. The van der Waals surface area contributed by atoms with Crippen LogP contribution in [0.25, 0.3) is 0 Å². The monoisotopic (exact) mass is 1500 g/mol. The fourth-order valence-corrected chi connectivity index (χ4v) is 12.9. The molecule has 0 atom stereocenters. The van der Waals surface area contributed by atoms with E-state index in [1.165, 1.54) is 40.3 Å². The molecule has 0 aliphatic heterocycles. The van der Waals surface area contributed by atoms with Crippen molar-refractivity contribution in [1.29, 1.82) is 5.26 Å². The van der Waals surface area contributed by atoms with Gasteiger partial charge in [0.2, 0.25) is 0 Å². The second kappa shape index (κ2) is 38.1. The van der Waals surface area contributed by atoms with Crippen LogP contribution in [0.15, 0.2) is 364 Å². The molecule has 0 N–H and O–H groups in total. The molecule has 554 valence electrons. The molecule has 15 rings (SSSR count). The second-order valence-corrected chi connectivity index (χ2v) is 28.1. The first-order chi connectivity index (χ1) is 56.3. The van der Waals surface area contributed by atoms with Gasteiger partial charge in [0, 0.05) is 142 Å². The summed E-state index contributed by atoms with van der Waals surface area (Å²) in [4.78, 5) is 9.06. The van der Waals surface area contributed by atoms with Gasteiger partial charge >= 0.3 is 0 Å². The van der Waals surface area contributed by atoms with Crippen molar-refractivity contribution in [2.75, 3.05) is 19.6 Å². The van der Waals surface area contributed by atoms with Gasteiger partial charge < -0.3 is 29.5 Å². The fourth-order valence-electron chi connectivity index (χ4n) is 12.9. The van der Waals surface area contributed by atoms with E-state index in [0.717, 1.165) is 135 Å². The highest BCUT2D eigenvalue weighted by Crippen LogP contribution is 2.40. The van der Waals surface area contributed by atoms with Crippen molar-refractivity contribution in [2.24, 2.45) is 0 Å². The summed E-state index contributed by atoms with van der Waals surface area (Å²) in [6, 6.07) is 128. The Morgan fingerprint density at radius 1 is 0.147 bits per heavy atom. The number of rotatable bonds is 12. The van der Waals surface area contributed by atoms with Crippen molar-refractivity contribution >= 4 is 78.1 Å². The summed E-state index contributed by atoms with van der Waals surface area (Å²) in [6.45, 7) is 14.1. The minimum Gasteiger partial charge on any atom is -3.00 e. The predicted octanol–water partition coefficient (Wildman–Crippen LogP) is 27.2. The molecule has 0 saturated carbocycles. The highest BCUT2D eigenvalue weighted by atomic mass is 31.0. The highest BCUT2D eigenvalue weighted by Gasteiger charge is 2.18. The van der Waals surface area contributed by atoms with Gasteiger partial charge in [-0.2, -0.15) is 5.26 Å². The van der Waals surface area contributed by atoms with E-state index in [2.05, 4.69) is 423 Å². The van der Waals surface area contributed by atoms with Crippen LogP contribution in [0, 0.1) is 124 Å². The average Bonchev–Trinajstić information content (AvgIpc) is 0.824. The van der Waals surface area contributed by atoms with Crippen molar-refractivity contribution in [3.05, 3.63) is 464 Å². The minimum atomic E-state index is 0. The lowest BCUT2D eigenvalue weighted by Crippen LogP contribution is -2.10. The molecule has 15 aromatic rings. The van der Waals surface area contributed by atoms with Crippen LogP contribution in [-0.4, -0.2) is 0 Å².